The standard InChI is InChI=1S/C21H30N4O4/c1-29-20(28)23-15-3-8-18(22-13-15)24-11-2-9-21(14-24)10-12-25(19(21)27)16-4-6-17(26)7-5-16/h3,8,13,16-17,26H,2,4-7,9-12,14H2,1H3,(H,23,28)/t16-,17-,21-/m1/s1. The maximum Gasteiger partial charge on any atom is 0.411 e. The summed E-state index contributed by atoms with van der Waals surface area (Å²) in [7, 11) is 1.32. The van der Waals surface area contributed by atoms with Crippen LogP contribution in [0.2, 0.25) is 0 Å². The smallest absolute Gasteiger partial charge is 0.411 e. The van der Waals surface area contributed by atoms with Crippen molar-refractivity contribution >= 4 is 23.5 Å². The number of aliphatic hydroxyl groups excluding tert-OH is 1. The van der Waals surface area contributed by atoms with E-state index in [4.69, 9.17) is 0 Å². The molecule has 2 aliphatic heterocycles. The molecule has 8 nitrogen and oxygen atoms in total. The molecule has 2 N–H and O–H groups in total. The first kappa shape index (κ1) is 19.9. The average molecular weight is 402 g/mol. The number of nitrogens with zero attached hydrogens (tertiary/aromatic N) is 3. The van der Waals surface area contributed by atoms with E-state index in [1.807, 2.05) is 6.07 Å². The van der Waals surface area contributed by atoms with E-state index < -0.39 is 6.09 Å². The molecule has 8 heteroatoms. The molecule has 1 spiro atoms. The van der Waals surface area contributed by atoms with Crippen LogP contribution >= 0.6 is 0 Å². The summed E-state index contributed by atoms with van der Waals surface area (Å²) in [5.74, 6) is 1.11. The van der Waals surface area contributed by atoms with Crippen molar-refractivity contribution in [1.82, 2.24) is 9.88 Å². The Kier molecular flexibility index (Phi) is 5.63. The zero-order valence-electron chi connectivity index (χ0n) is 17.0. The lowest BCUT2D eigenvalue weighted by Gasteiger charge is -2.41. The third-order valence-corrected chi connectivity index (χ3v) is 6.73. The van der Waals surface area contributed by atoms with Crippen molar-refractivity contribution in [3.8, 4) is 0 Å². The molecule has 0 bridgehead atoms. The molecule has 1 aromatic heterocycles. The highest BCUT2D eigenvalue weighted by atomic mass is 16.5. The number of carbonyl (C=O) groups excluding carboxylic acids is 2. The van der Waals surface area contributed by atoms with Gasteiger partial charge in [0, 0.05) is 25.7 Å². The summed E-state index contributed by atoms with van der Waals surface area (Å²) in [5, 5.41) is 12.4. The topological polar surface area (TPSA) is 95.0 Å². The minimum absolute atomic E-state index is 0.203. The van der Waals surface area contributed by atoms with Crippen LogP contribution in [0.25, 0.3) is 0 Å². The maximum atomic E-state index is 13.4. The first-order chi connectivity index (χ1) is 14.0. The molecule has 0 unspecified atom stereocenters. The number of carbonyl (C=O) groups is 2. The molecule has 1 aromatic rings. The molecule has 158 valence electrons. The van der Waals surface area contributed by atoms with E-state index in [1.165, 1.54) is 7.11 Å². The molecular weight excluding hydrogens is 372 g/mol. The number of likely N-dealkylation sites (tertiary alicyclic amines) is 1. The number of anilines is 2. The molecule has 3 heterocycles. The summed E-state index contributed by atoms with van der Waals surface area (Å²) < 4.78 is 4.60. The van der Waals surface area contributed by atoms with Crippen LogP contribution in [-0.4, -0.2) is 65.9 Å². The zero-order valence-corrected chi connectivity index (χ0v) is 17.0. The number of rotatable bonds is 3. The predicted molar refractivity (Wildman–Crippen MR) is 109 cm³/mol. The van der Waals surface area contributed by atoms with Crippen molar-refractivity contribution in [2.24, 2.45) is 5.41 Å². The fraction of sp³-hybridized carbons (Fsp3) is 0.667. The van der Waals surface area contributed by atoms with Crippen LogP contribution in [0.1, 0.15) is 44.9 Å². The summed E-state index contributed by atoms with van der Waals surface area (Å²) in [6.07, 6.45) is 7.07. The molecule has 1 atom stereocenters. The molecule has 1 saturated carbocycles. The Hall–Kier alpha value is -2.35. The van der Waals surface area contributed by atoms with E-state index in [0.29, 0.717) is 12.2 Å². The van der Waals surface area contributed by atoms with Crippen molar-refractivity contribution < 1.29 is 19.4 Å². The highest BCUT2D eigenvalue weighted by molar-refractivity contribution is 5.86. The van der Waals surface area contributed by atoms with Gasteiger partial charge < -0.3 is 19.6 Å². The number of pyridine rings is 1. The Labute approximate surface area is 171 Å². The van der Waals surface area contributed by atoms with Gasteiger partial charge in [-0.2, -0.15) is 0 Å². The van der Waals surface area contributed by atoms with Crippen LogP contribution in [0.3, 0.4) is 0 Å². The SMILES string of the molecule is COC(=O)Nc1ccc(N2CCC[C@@]3(CCN([C@H]4CC[C@H](O)CC4)C3=O)C2)nc1. The van der Waals surface area contributed by atoms with Gasteiger partial charge in [-0.15, -0.1) is 0 Å². The molecule has 1 aliphatic carbocycles. The number of hydrogen-bond acceptors (Lipinski definition) is 6. The Morgan fingerprint density at radius 3 is 2.72 bits per heavy atom. The highest BCUT2D eigenvalue weighted by Crippen LogP contribution is 2.43. The molecule has 0 aromatic carbocycles. The predicted octanol–water partition coefficient (Wildman–Crippen LogP) is 2.38. The average Bonchev–Trinajstić information content (AvgIpc) is 3.04. The number of aromatic nitrogens is 1. The number of methoxy groups -OCH3 is 1. The lowest BCUT2D eigenvalue weighted by atomic mass is 9.78. The quantitative estimate of drug-likeness (QED) is 0.806. The van der Waals surface area contributed by atoms with Gasteiger partial charge in [-0.1, -0.05) is 0 Å². The van der Waals surface area contributed by atoms with Crippen molar-refractivity contribution in [3.05, 3.63) is 18.3 Å². The van der Waals surface area contributed by atoms with E-state index in [9.17, 15) is 14.7 Å². The first-order valence-corrected chi connectivity index (χ1v) is 10.6. The van der Waals surface area contributed by atoms with Crippen LogP contribution < -0.4 is 10.2 Å². The minimum Gasteiger partial charge on any atom is -0.453 e. The fourth-order valence-corrected chi connectivity index (χ4v) is 5.09. The molecule has 0 radical (unpaired) electrons. The third kappa shape index (κ3) is 4.03. The van der Waals surface area contributed by atoms with Gasteiger partial charge in [-0.05, 0) is 57.1 Å². The van der Waals surface area contributed by atoms with Gasteiger partial charge in [-0.25, -0.2) is 9.78 Å². The van der Waals surface area contributed by atoms with E-state index in [2.05, 4.69) is 24.8 Å². The molecule has 29 heavy (non-hydrogen) atoms. The van der Waals surface area contributed by atoms with Crippen molar-refractivity contribution in [2.75, 3.05) is 37.0 Å². The zero-order chi connectivity index (χ0) is 20.4. The van der Waals surface area contributed by atoms with Gasteiger partial charge in [-0.3, -0.25) is 10.1 Å². The minimum atomic E-state index is -0.525. The second-order valence-electron chi connectivity index (χ2n) is 8.54. The first-order valence-electron chi connectivity index (χ1n) is 10.6. The Morgan fingerprint density at radius 1 is 1.24 bits per heavy atom. The van der Waals surface area contributed by atoms with Gasteiger partial charge in [0.2, 0.25) is 5.91 Å². The fourth-order valence-electron chi connectivity index (χ4n) is 5.09. The molecule has 3 aliphatic rings. The van der Waals surface area contributed by atoms with E-state index in [1.54, 1.807) is 12.3 Å². The van der Waals surface area contributed by atoms with Crippen LogP contribution in [0.15, 0.2) is 18.3 Å². The van der Waals surface area contributed by atoms with Gasteiger partial charge in [0.15, 0.2) is 0 Å². The van der Waals surface area contributed by atoms with Gasteiger partial charge in [0.05, 0.1) is 30.5 Å². The number of piperidine rings is 1. The summed E-state index contributed by atoms with van der Waals surface area (Å²) in [5.41, 5.74) is 0.258. The van der Waals surface area contributed by atoms with Crippen LogP contribution in [-0.2, 0) is 9.53 Å². The number of aliphatic hydroxyl groups is 1. The van der Waals surface area contributed by atoms with Gasteiger partial charge in [0.25, 0.3) is 0 Å². The van der Waals surface area contributed by atoms with Crippen molar-refractivity contribution in [3.63, 3.8) is 0 Å². The molecule has 3 fully saturated rings. The summed E-state index contributed by atoms with van der Waals surface area (Å²) in [6.45, 7) is 2.39. The van der Waals surface area contributed by atoms with E-state index in [-0.39, 0.29) is 23.5 Å². The highest BCUT2D eigenvalue weighted by Gasteiger charge is 2.50. The monoisotopic (exact) mass is 402 g/mol. The van der Waals surface area contributed by atoms with Crippen LogP contribution in [0.5, 0.6) is 0 Å². The van der Waals surface area contributed by atoms with Gasteiger partial charge in [0.1, 0.15) is 5.82 Å². The third-order valence-electron chi connectivity index (χ3n) is 6.73. The normalized spacial score (nSPS) is 29.9. The van der Waals surface area contributed by atoms with E-state index in [0.717, 1.165) is 63.9 Å². The lowest BCUT2D eigenvalue weighted by molar-refractivity contribution is -0.139. The summed E-state index contributed by atoms with van der Waals surface area (Å²) in [6, 6.07) is 3.96. The number of amides is 2. The Bertz CT molecular complexity index is 748. The molecular formula is C21H30N4O4. The van der Waals surface area contributed by atoms with Crippen LogP contribution in [0, 0.1) is 5.41 Å². The summed E-state index contributed by atoms with van der Waals surface area (Å²) >= 11 is 0. The van der Waals surface area contributed by atoms with Gasteiger partial charge >= 0.3 is 6.09 Å². The largest absolute Gasteiger partial charge is 0.453 e. The number of nitrogens with one attached hydrogen (secondary N) is 1. The number of hydrogen-bond donors (Lipinski definition) is 2. The van der Waals surface area contributed by atoms with Crippen molar-refractivity contribution in [2.45, 2.75) is 57.1 Å². The summed E-state index contributed by atoms with van der Waals surface area (Å²) in [4.78, 5) is 33.5. The number of ether oxygens (including phenoxy) is 1. The molecule has 2 saturated heterocycles. The maximum absolute atomic E-state index is 13.4. The molecule has 4 rings (SSSR count). The second kappa shape index (κ2) is 8.18. The van der Waals surface area contributed by atoms with E-state index >= 15 is 0 Å². The lowest BCUT2D eigenvalue weighted by Crippen LogP contribution is -2.50. The van der Waals surface area contributed by atoms with Crippen LogP contribution in [0.4, 0.5) is 16.3 Å². The molecule has 2 amide bonds. The van der Waals surface area contributed by atoms with Crippen molar-refractivity contribution in [1.29, 1.82) is 0 Å². The second-order valence-corrected chi connectivity index (χ2v) is 8.54. The Morgan fingerprint density at radius 2 is 2.03 bits per heavy atom. The Balaban J connectivity index is 1.43.